The van der Waals surface area contributed by atoms with Gasteiger partial charge in [-0.25, -0.2) is 0 Å². The molecule has 0 spiro atoms. The summed E-state index contributed by atoms with van der Waals surface area (Å²) >= 11 is 3.77. The zero-order valence-electron chi connectivity index (χ0n) is 13.2. The Morgan fingerprint density at radius 1 is 1.40 bits per heavy atom. The third-order valence-electron chi connectivity index (χ3n) is 4.78. The van der Waals surface area contributed by atoms with E-state index in [1.165, 1.54) is 35.1 Å². The number of aromatic nitrogens is 2. The van der Waals surface area contributed by atoms with Gasteiger partial charge in [-0.3, -0.25) is 4.68 Å². The molecule has 3 atom stereocenters. The predicted molar refractivity (Wildman–Crippen MR) is 88.0 cm³/mol. The van der Waals surface area contributed by atoms with Crippen LogP contribution in [0.25, 0.3) is 0 Å². The average molecular weight is 342 g/mol. The van der Waals surface area contributed by atoms with E-state index in [2.05, 4.69) is 53.7 Å². The van der Waals surface area contributed by atoms with Gasteiger partial charge >= 0.3 is 0 Å². The van der Waals surface area contributed by atoms with Crippen LogP contribution in [0.2, 0.25) is 0 Å². The van der Waals surface area contributed by atoms with Crippen molar-refractivity contribution < 1.29 is 0 Å². The standard InChI is InChI=1S/C16H28BrN3/c1-5-13-16(17)15(20(6-2)19-13)10-14(18-4)12-8-7-11(3)9-12/h11-12,14,18H,5-10H2,1-4H3. The maximum Gasteiger partial charge on any atom is 0.0766 e. The summed E-state index contributed by atoms with van der Waals surface area (Å²) in [7, 11) is 2.11. The minimum atomic E-state index is 0.572. The first-order chi connectivity index (χ1) is 9.60. The highest BCUT2D eigenvalue weighted by Crippen LogP contribution is 2.34. The average Bonchev–Trinajstić information content (AvgIpc) is 3.00. The summed E-state index contributed by atoms with van der Waals surface area (Å²) < 4.78 is 3.40. The van der Waals surface area contributed by atoms with E-state index in [1.54, 1.807) is 0 Å². The Morgan fingerprint density at radius 2 is 2.15 bits per heavy atom. The lowest BCUT2D eigenvalue weighted by Crippen LogP contribution is -2.35. The van der Waals surface area contributed by atoms with E-state index in [4.69, 9.17) is 5.10 Å². The molecule has 3 unspecified atom stereocenters. The smallest absolute Gasteiger partial charge is 0.0766 e. The van der Waals surface area contributed by atoms with Crippen molar-refractivity contribution in [3.05, 3.63) is 15.9 Å². The Morgan fingerprint density at radius 3 is 2.65 bits per heavy atom. The summed E-state index contributed by atoms with van der Waals surface area (Å²) in [5, 5.41) is 8.27. The molecule has 0 radical (unpaired) electrons. The van der Waals surface area contributed by atoms with Crippen LogP contribution in [0.15, 0.2) is 4.47 Å². The van der Waals surface area contributed by atoms with Crippen molar-refractivity contribution >= 4 is 15.9 Å². The van der Waals surface area contributed by atoms with Crippen LogP contribution in [0.3, 0.4) is 0 Å². The minimum Gasteiger partial charge on any atom is -0.316 e. The van der Waals surface area contributed by atoms with Gasteiger partial charge in [0.2, 0.25) is 0 Å². The van der Waals surface area contributed by atoms with Gasteiger partial charge in [-0.2, -0.15) is 5.10 Å². The molecule has 1 aromatic rings. The van der Waals surface area contributed by atoms with Crippen molar-refractivity contribution in [2.45, 2.75) is 65.5 Å². The first-order valence-electron chi connectivity index (χ1n) is 8.01. The first-order valence-corrected chi connectivity index (χ1v) is 8.81. The van der Waals surface area contributed by atoms with Crippen LogP contribution < -0.4 is 5.32 Å². The number of likely N-dealkylation sites (N-methyl/N-ethyl adjacent to an activating group) is 1. The van der Waals surface area contributed by atoms with E-state index in [0.717, 1.165) is 31.2 Å². The summed E-state index contributed by atoms with van der Waals surface area (Å²) in [5.74, 6) is 1.70. The number of halogens is 1. The fourth-order valence-electron chi connectivity index (χ4n) is 3.54. The highest BCUT2D eigenvalue weighted by Gasteiger charge is 2.29. The summed E-state index contributed by atoms with van der Waals surface area (Å²) in [6.45, 7) is 7.68. The lowest BCUT2D eigenvalue weighted by Gasteiger charge is -2.23. The van der Waals surface area contributed by atoms with Crippen LogP contribution in [0.5, 0.6) is 0 Å². The number of nitrogens with zero attached hydrogens (tertiary/aromatic N) is 2. The molecule has 3 nitrogen and oxygen atoms in total. The molecule has 0 saturated heterocycles. The maximum atomic E-state index is 4.72. The summed E-state index contributed by atoms with van der Waals surface area (Å²) in [6.07, 6.45) is 6.19. The van der Waals surface area contributed by atoms with Gasteiger partial charge in [-0.05, 0) is 61.0 Å². The summed E-state index contributed by atoms with van der Waals surface area (Å²) in [4.78, 5) is 0. The van der Waals surface area contributed by atoms with E-state index < -0.39 is 0 Å². The molecule has 1 fully saturated rings. The normalized spacial score (nSPS) is 24.2. The van der Waals surface area contributed by atoms with Crippen molar-refractivity contribution in [1.29, 1.82) is 0 Å². The summed E-state index contributed by atoms with van der Waals surface area (Å²) in [5.41, 5.74) is 2.56. The van der Waals surface area contributed by atoms with E-state index in [-0.39, 0.29) is 0 Å². The molecular weight excluding hydrogens is 314 g/mol. The van der Waals surface area contributed by atoms with Crippen LogP contribution in [-0.2, 0) is 19.4 Å². The van der Waals surface area contributed by atoms with Crippen molar-refractivity contribution in [3.63, 3.8) is 0 Å². The van der Waals surface area contributed by atoms with Gasteiger partial charge < -0.3 is 5.32 Å². The Hall–Kier alpha value is -0.350. The predicted octanol–water partition coefficient (Wildman–Crippen LogP) is 3.79. The highest BCUT2D eigenvalue weighted by molar-refractivity contribution is 9.10. The fraction of sp³-hybridized carbons (Fsp3) is 0.812. The maximum absolute atomic E-state index is 4.72. The largest absolute Gasteiger partial charge is 0.316 e. The second-order valence-corrected chi connectivity index (χ2v) is 6.95. The molecule has 1 aromatic heterocycles. The molecule has 1 aliphatic rings. The van der Waals surface area contributed by atoms with Crippen LogP contribution >= 0.6 is 15.9 Å². The molecule has 1 saturated carbocycles. The Labute approximate surface area is 131 Å². The van der Waals surface area contributed by atoms with E-state index in [9.17, 15) is 0 Å². The van der Waals surface area contributed by atoms with Crippen LogP contribution in [-0.4, -0.2) is 22.9 Å². The second kappa shape index (κ2) is 7.08. The molecule has 0 bridgehead atoms. The zero-order chi connectivity index (χ0) is 14.7. The van der Waals surface area contributed by atoms with Gasteiger partial charge in [0, 0.05) is 19.0 Å². The van der Waals surface area contributed by atoms with Gasteiger partial charge in [0.05, 0.1) is 15.9 Å². The number of hydrogen-bond donors (Lipinski definition) is 1. The number of aryl methyl sites for hydroxylation is 2. The molecule has 0 aliphatic heterocycles. The van der Waals surface area contributed by atoms with Crippen molar-refractivity contribution in [3.8, 4) is 0 Å². The van der Waals surface area contributed by atoms with Gasteiger partial charge in [-0.1, -0.05) is 20.3 Å². The molecule has 4 heteroatoms. The third-order valence-corrected chi connectivity index (χ3v) is 5.70. The second-order valence-electron chi connectivity index (χ2n) is 6.15. The molecule has 1 aliphatic carbocycles. The molecular formula is C16H28BrN3. The topological polar surface area (TPSA) is 29.9 Å². The summed E-state index contributed by atoms with van der Waals surface area (Å²) in [6, 6.07) is 0.572. The van der Waals surface area contributed by atoms with Crippen molar-refractivity contribution in [2.24, 2.45) is 11.8 Å². The van der Waals surface area contributed by atoms with E-state index >= 15 is 0 Å². The Kier molecular flexibility index (Phi) is 5.67. The monoisotopic (exact) mass is 341 g/mol. The molecule has 20 heavy (non-hydrogen) atoms. The molecule has 1 N–H and O–H groups in total. The van der Waals surface area contributed by atoms with Crippen LogP contribution in [0.4, 0.5) is 0 Å². The number of nitrogens with one attached hydrogen (secondary N) is 1. The molecule has 0 amide bonds. The molecule has 2 rings (SSSR count). The zero-order valence-corrected chi connectivity index (χ0v) is 14.8. The minimum absolute atomic E-state index is 0.572. The van der Waals surface area contributed by atoms with E-state index in [1.807, 2.05) is 0 Å². The van der Waals surface area contributed by atoms with Gasteiger partial charge in [0.25, 0.3) is 0 Å². The lowest BCUT2D eigenvalue weighted by atomic mass is 9.93. The quantitative estimate of drug-likeness (QED) is 0.852. The van der Waals surface area contributed by atoms with Crippen molar-refractivity contribution in [1.82, 2.24) is 15.1 Å². The third kappa shape index (κ3) is 3.28. The molecule has 0 aromatic carbocycles. The fourth-order valence-corrected chi connectivity index (χ4v) is 4.27. The van der Waals surface area contributed by atoms with Crippen LogP contribution in [0, 0.1) is 11.8 Å². The lowest BCUT2D eigenvalue weighted by molar-refractivity contribution is 0.360. The Bertz CT molecular complexity index is 441. The molecule has 1 heterocycles. The SMILES string of the molecule is CCc1nn(CC)c(CC(NC)C2CCC(C)C2)c1Br. The molecule has 114 valence electrons. The Balaban J connectivity index is 2.16. The van der Waals surface area contributed by atoms with Gasteiger partial charge in [0.15, 0.2) is 0 Å². The highest BCUT2D eigenvalue weighted by atomic mass is 79.9. The number of rotatable bonds is 6. The van der Waals surface area contributed by atoms with Crippen LogP contribution in [0.1, 0.15) is 51.4 Å². The van der Waals surface area contributed by atoms with Gasteiger partial charge in [-0.15, -0.1) is 0 Å². The number of hydrogen-bond acceptors (Lipinski definition) is 2. The van der Waals surface area contributed by atoms with E-state index in [0.29, 0.717) is 6.04 Å². The van der Waals surface area contributed by atoms with Gasteiger partial charge in [0.1, 0.15) is 0 Å². The first kappa shape index (κ1) is 16.0. The van der Waals surface area contributed by atoms with Crippen molar-refractivity contribution in [2.75, 3.05) is 7.05 Å².